The second-order valence-electron chi connectivity index (χ2n) is 5.05. The first kappa shape index (κ1) is 16.6. The number of hydrogen-bond acceptors (Lipinski definition) is 4. The van der Waals surface area contributed by atoms with Crippen LogP contribution >= 0.6 is 0 Å². The summed E-state index contributed by atoms with van der Waals surface area (Å²) in [6, 6.07) is 0. The van der Waals surface area contributed by atoms with Gasteiger partial charge in [-0.05, 0) is 26.8 Å². The Bertz CT molecular complexity index is 269. The Morgan fingerprint density at radius 2 is 2.00 bits per heavy atom. The molecule has 1 atom stereocenters. The Hall–Kier alpha value is -0.385. The van der Waals surface area contributed by atoms with Gasteiger partial charge in [0.1, 0.15) is 7.06 Å². The zero-order valence-electron chi connectivity index (χ0n) is 11.3. The molecule has 9 heteroatoms. The monoisotopic (exact) mass is 234 g/mol. The van der Waals surface area contributed by atoms with Crippen LogP contribution in [0.15, 0.2) is 12.7 Å². The first-order valence-corrected chi connectivity index (χ1v) is 5.81. The molecule has 0 heterocycles. The summed E-state index contributed by atoms with van der Waals surface area (Å²) in [6.07, 6.45) is 1.26. The maximum atomic E-state index is 11.5. The van der Waals surface area contributed by atoms with Gasteiger partial charge in [0.15, 0.2) is 13.6 Å². The lowest BCUT2D eigenvalue weighted by Gasteiger charge is -2.30. The van der Waals surface area contributed by atoms with Crippen molar-refractivity contribution in [2.75, 3.05) is 0 Å². The normalized spacial score (nSPS) is 14.4. The fourth-order valence-electron chi connectivity index (χ4n) is 1.13. The van der Waals surface area contributed by atoms with E-state index in [1.54, 1.807) is 14.8 Å². The highest BCUT2D eigenvalue weighted by atomic mass is 16.5. The van der Waals surface area contributed by atoms with Crippen LogP contribution in [0.25, 0.3) is 0 Å². The third-order valence-corrected chi connectivity index (χ3v) is 2.35. The second-order valence-corrected chi connectivity index (χ2v) is 5.05. The molecule has 0 aliphatic carbocycles. The molecule has 0 spiro atoms. The molecule has 0 rings (SSSR count). The van der Waals surface area contributed by atoms with E-state index in [4.69, 9.17) is 14.3 Å². The average Bonchev–Trinajstić information content (AvgIpc) is 2.26. The molecule has 1 N–H and O–H groups in total. The van der Waals surface area contributed by atoms with Crippen molar-refractivity contribution < 1.29 is 19.1 Å². The van der Waals surface area contributed by atoms with Crippen LogP contribution in [0.3, 0.4) is 0 Å². The zero-order chi connectivity index (χ0) is 13.5. The minimum Gasteiger partial charge on any atom is -0.463 e. The standard InChI is InChI=1S/C8H19B5O4/c1-5-6(14)8(4,9)17-10-7(2,3)16-13-11-12-15/h5,10-13,15H,1,9H2,2-4H3. The predicted octanol–water partition coefficient (Wildman–Crippen LogP) is -2.83. The molecule has 0 amide bonds. The maximum absolute atomic E-state index is 11.5. The van der Waals surface area contributed by atoms with Gasteiger partial charge in [-0.25, -0.2) is 0 Å². The second kappa shape index (κ2) is 7.14. The van der Waals surface area contributed by atoms with Crippen LogP contribution in [0.1, 0.15) is 20.8 Å². The van der Waals surface area contributed by atoms with Crippen LogP contribution in [0.5, 0.6) is 0 Å². The van der Waals surface area contributed by atoms with E-state index in [1.165, 1.54) is 6.08 Å². The van der Waals surface area contributed by atoms with E-state index < -0.39 is 11.0 Å². The molecular formula is C8H19B5O4. The van der Waals surface area contributed by atoms with Gasteiger partial charge in [-0.3, -0.25) is 4.79 Å². The largest absolute Gasteiger partial charge is 0.463 e. The lowest BCUT2D eigenvalue weighted by atomic mass is 9.32. The van der Waals surface area contributed by atoms with E-state index in [9.17, 15) is 4.79 Å². The summed E-state index contributed by atoms with van der Waals surface area (Å²) >= 11 is 0. The summed E-state index contributed by atoms with van der Waals surface area (Å²) in [4.78, 5) is 11.5. The minimum atomic E-state index is -0.876. The van der Waals surface area contributed by atoms with Gasteiger partial charge in [-0.15, -0.1) is 0 Å². The van der Waals surface area contributed by atoms with Gasteiger partial charge in [0.05, 0.1) is 5.50 Å². The van der Waals surface area contributed by atoms with E-state index in [-0.39, 0.29) is 13.2 Å². The van der Waals surface area contributed by atoms with Crippen molar-refractivity contribution in [1.29, 1.82) is 0 Å². The van der Waals surface area contributed by atoms with E-state index in [0.717, 1.165) is 0 Å². The van der Waals surface area contributed by atoms with Crippen LogP contribution in [0.4, 0.5) is 0 Å². The number of hydrogen-bond donors (Lipinski definition) is 1. The Labute approximate surface area is 107 Å². The van der Waals surface area contributed by atoms with Gasteiger partial charge in [-0.2, -0.15) is 0 Å². The highest BCUT2D eigenvalue weighted by Gasteiger charge is 2.30. The number of ketones is 1. The van der Waals surface area contributed by atoms with Gasteiger partial charge >= 0.3 is 7.48 Å². The van der Waals surface area contributed by atoms with Gasteiger partial charge in [0, 0.05) is 5.50 Å². The number of rotatable bonds is 9. The van der Waals surface area contributed by atoms with Crippen molar-refractivity contribution in [2.24, 2.45) is 0 Å². The summed E-state index contributed by atoms with van der Waals surface area (Å²) < 4.78 is 11.1. The van der Waals surface area contributed by atoms with Crippen molar-refractivity contribution in [3.05, 3.63) is 12.7 Å². The lowest BCUT2D eigenvalue weighted by Crippen LogP contribution is -2.46. The third-order valence-electron chi connectivity index (χ3n) is 2.35. The molecule has 0 aliphatic rings. The highest BCUT2D eigenvalue weighted by Crippen LogP contribution is 2.13. The van der Waals surface area contributed by atoms with Gasteiger partial charge in [0.25, 0.3) is 0 Å². The molecule has 0 saturated carbocycles. The fraction of sp³-hybridized carbons (Fsp3) is 0.625. The predicted molar refractivity (Wildman–Crippen MR) is 79.2 cm³/mol. The molecule has 1 unspecified atom stereocenters. The topological polar surface area (TPSA) is 55.8 Å². The highest BCUT2D eigenvalue weighted by molar-refractivity contribution is 7.25. The summed E-state index contributed by atoms with van der Waals surface area (Å²) in [5, 5.41) is 8.66. The molecular weight excluding hydrogens is 214 g/mol. The van der Waals surface area contributed by atoms with Crippen molar-refractivity contribution >= 4 is 42.9 Å². The summed E-state index contributed by atoms with van der Waals surface area (Å²) in [6.45, 7) is 8.93. The van der Waals surface area contributed by atoms with Crippen molar-refractivity contribution in [3.63, 3.8) is 0 Å². The van der Waals surface area contributed by atoms with Crippen molar-refractivity contribution in [3.8, 4) is 0 Å². The average molecular weight is 233 g/mol. The van der Waals surface area contributed by atoms with E-state index >= 15 is 0 Å². The van der Waals surface area contributed by atoms with Crippen LogP contribution in [0.2, 0.25) is 0 Å². The summed E-state index contributed by atoms with van der Waals surface area (Å²) in [5.74, 6) is -0.149. The fourth-order valence-corrected chi connectivity index (χ4v) is 1.13. The summed E-state index contributed by atoms with van der Waals surface area (Å²) in [7, 11) is 3.20. The zero-order valence-corrected chi connectivity index (χ0v) is 11.3. The van der Waals surface area contributed by atoms with Crippen molar-refractivity contribution in [2.45, 2.75) is 31.8 Å². The van der Waals surface area contributed by atoms with E-state index in [2.05, 4.69) is 6.58 Å². The van der Waals surface area contributed by atoms with E-state index in [0.29, 0.717) is 21.9 Å². The molecule has 17 heavy (non-hydrogen) atoms. The van der Waals surface area contributed by atoms with Crippen LogP contribution in [-0.2, 0) is 14.1 Å². The Balaban J connectivity index is 4.15. The molecule has 0 bridgehead atoms. The number of carbonyl (C=O) groups is 1. The Kier molecular flexibility index (Phi) is 6.98. The van der Waals surface area contributed by atoms with Crippen LogP contribution in [0, 0.1) is 0 Å². The Morgan fingerprint density at radius 3 is 2.47 bits per heavy atom. The molecule has 0 saturated heterocycles. The molecule has 0 radical (unpaired) electrons. The van der Waals surface area contributed by atoms with Crippen LogP contribution in [-0.4, -0.2) is 58.9 Å². The van der Waals surface area contributed by atoms with E-state index in [1.807, 2.05) is 13.8 Å². The van der Waals surface area contributed by atoms with Crippen LogP contribution < -0.4 is 0 Å². The molecule has 0 aromatic carbocycles. The molecule has 0 aromatic heterocycles. The first-order chi connectivity index (χ1) is 7.75. The van der Waals surface area contributed by atoms with Crippen molar-refractivity contribution in [1.82, 2.24) is 0 Å². The quantitative estimate of drug-likeness (QED) is 0.265. The number of carbonyl (C=O) groups excluding carboxylic acids is 1. The lowest BCUT2D eigenvalue weighted by molar-refractivity contribution is -0.122. The van der Waals surface area contributed by atoms with Gasteiger partial charge in [-0.1, -0.05) is 6.58 Å². The first-order valence-electron chi connectivity index (χ1n) is 5.81. The Morgan fingerprint density at radius 1 is 1.41 bits per heavy atom. The molecule has 4 nitrogen and oxygen atoms in total. The maximum Gasteiger partial charge on any atom is 0.305 e. The smallest absolute Gasteiger partial charge is 0.305 e. The van der Waals surface area contributed by atoms with Gasteiger partial charge < -0.3 is 14.3 Å². The summed E-state index contributed by atoms with van der Waals surface area (Å²) in [5.41, 5.74) is -1.35. The van der Waals surface area contributed by atoms with Gasteiger partial charge in [0.2, 0.25) is 14.7 Å². The molecule has 0 aromatic rings. The molecule has 90 valence electrons. The minimum absolute atomic E-state index is 0.109. The molecule has 0 fully saturated rings. The molecule has 0 aliphatic heterocycles. The third kappa shape index (κ3) is 6.81. The SMILES string of the molecule is BC(C)(OBC(C)(C)OBBBO)C(=O)C=C.